The van der Waals surface area contributed by atoms with Gasteiger partial charge in [0, 0.05) is 19.0 Å². The van der Waals surface area contributed by atoms with Gasteiger partial charge in [0.05, 0.1) is 18.8 Å². The number of aryl methyl sites for hydroxylation is 1. The molecule has 30 heavy (non-hydrogen) atoms. The van der Waals surface area contributed by atoms with E-state index in [0.29, 0.717) is 23.9 Å². The number of hydrogen-bond acceptors (Lipinski definition) is 5. The van der Waals surface area contributed by atoms with E-state index in [4.69, 9.17) is 14.5 Å². The Kier molecular flexibility index (Phi) is 4.86. The van der Waals surface area contributed by atoms with Crippen LogP contribution in [0.3, 0.4) is 0 Å². The zero-order valence-corrected chi connectivity index (χ0v) is 16.9. The SMILES string of the molecule is COc1cccc(-c2c(C(=O)N[C@H]3COc4ccccc4C3)nc3n2CCCC3)n1. The molecule has 0 radical (unpaired) electrons. The van der Waals surface area contributed by atoms with Crippen molar-refractivity contribution in [2.24, 2.45) is 0 Å². The highest BCUT2D eigenvalue weighted by molar-refractivity contribution is 5.98. The first-order chi connectivity index (χ1) is 14.7. The van der Waals surface area contributed by atoms with Crippen LogP contribution in [0, 0.1) is 0 Å². The molecule has 0 bridgehead atoms. The van der Waals surface area contributed by atoms with Crippen LogP contribution in [0.1, 0.15) is 34.7 Å². The lowest BCUT2D eigenvalue weighted by Crippen LogP contribution is -2.43. The van der Waals surface area contributed by atoms with E-state index in [1.54, 1.807) is 13.2 Å². The van der Waals surface area contributed by atoms with Crippen LogP contribution in [-0.2, 0) is 19.4 Å². The zero-order valence-electron chi connectivity index (χ0n) is 16.9. The smallest absolute Gasteiger partial charge is 0.272 e. The number of aromatic nitrogens is 3. The van der Waals surface area contributed by atoms with Gasteiger partial charge in [-0.05, 0) is 37.0 Å². The number of nitrogens with one attached hydrogen (secondary N) is 1. The highest BCUT2D eigenvalue weighted by Crippen LogP contribution is 2.30. The van der Waals surface area contributed by atoms with Crippen LogP contribution < -0.4 is 14.8 Å². The minimum absolute atomic E-state index is 0.0998. The minimum atomic E-state index is -0.190. The first kappa shape index (κ1) is 18.7. The molecule has 1 N–H and O–H groups in total. The molecule has 0 aliphatic carbocycles. The summed E-state index contributed by atoms with van der Waals surface area (Å²) in [5, 5.41) is 3.13. The lowest BCUT2D eigenvalue weighted by Gasteiger charge is -2.25. The number of ether oxygens (including phenoxy) is 2. The molecule has 1 atom stereocenters. The van der Waals surface area contributed by atoms with Crippen LogP contribution in [-0.4, -0.2) is 40.2 Å². The second kappa shape index (κ2) is 7.82. The van der Waals surface area contributed by atoms with Gasteiger partial charge in [-0.15, -0.1) is 0 Å². The molecule has 5 rings (SSSR count). The molecule has 4 heterocycles. The molecule has 1 aromatic carbocycles. The predicted octanol–water partition coefficient (Wildman–Crippen LogP) is 3.02. The highest BCUT2D eigenvalue weighted by Gasteiger charge is 2.29. The van der Waals surface area contributed by atoms with Crippen LogP contribution in [0.15, 0.2) is 42.5 Å². The number of benzene rings is 1. The Balaban J connectivity index is 1.46. The Morgan fingerprint density at radius 1 is 1.17 bits per heavy atom. The fourth-order valence-electron chi connectivity index (χ4n) is 4.24. The predicted molar refractivity (Wildman–Crippen MR) is 112 cm³/mol. The summed E-state index contributed by atoms with van der Waals surface area (Å²) in [5.41, 5.74) is 2.99. The van der Waals surface area contributed by atoms with Gasteiger partial charge in [-0.2, -0.15) is 0 Å². The van der Waals surface area contributed by atoms with Gasteiger partial charge < -0.3 is 19.4 Å². The fourth-order valence-corrected chi connectivity index (χ4v) is 4.24. The van der Waals surface area contributed by atoms with E-state index < -0.39 is 0 Å². The number of amides is 1. The normalized spacial score (nSPS) is 17.4. The van der Waals surface area contributed by atoms with Crippen LogP contribution >= 0.6 is 0 Å². The number of para-hydroxylation sites is 1. The average Bonchev–Trinajstić information content (AvgIpc) is 3.19. The quantitative estimate of drug-likeness (QED) is 0.723. The number of nitrogens with zero attached hydrogens (tertiary/aromatic N) is 3. The molecule has 0 spiro atoms. The number of imidazole rings is 1. The number of fused-ring (bicyclic) bond motifs is 2. The Labute approximate surface area is 175 Å². The molecule has 1 amide bonds. The summed E-state index contributed by atoms with van der Waals surface area (Å²) in [4.78, 5) is 22.6. The topological polar surface area (TPSA) is 78.3 Å². The standard InChI is InChI=1S/C23H24N4O3/c1-29-20-11-6-8-17(25-20)22-21(26-19-10-4-5-12-27(19)22)23(28)24-16-13-15-7-2-3-9-18(15)30-14-16/h2-3,6-9,11,16H,4-5,10,12-14H2,1H3,(H,24,28)/t16-/m1/s1. The largest absolute Gasteiger partial charge is 0.491 e. The lowest BCUT2D eigenvalue weighted by molar-refractivity contribution is 0.0911. The van der Waals surface area contributed by atoms with Gasteiger partial charge >= 0.3 is 0 Å². The number of carbonyl (C=O) groups is 1. The molecule has 0 unspecified atom stereocenters. The van der Waals surface area contributed by atoms with Crippen molar-refractivity contribution in [1.29, 1.82) is 0 Å². The van der Waals surface area contributed by atoms with Gasteiger partial charge in [0.15, 0.2) is 5.69 Å². The summed E-state index contributed by atoms with van der Waals surface area (Å²) in [7, 11) is 1.59. The third-order valence-corrected chi connectivity index (χ3v) is 5.68. The van der Waals surface area contributed by atoms with Gasteiger partial charge in [-0.3, -0.25) is 4.79 Å². The molecular formula is C23H24N4O3. The third kappa shape index (κ3) is 3.40. The van der Waals surface area contributed by atoms with E-state index in [9.17, 15) is 4.79 Å². The summed E-state index contributed by atoms with van der Waals surface area (Å²) < 4.78 is 13.3. The second-order valence-electron chi connectivity index (χ2n) is 7.69. The van der Waals surface area contributed by atoms with Gasteiger partial charge in [-0.25, -0.2) is 9.97 Å². The first-order valence-corrected chi connectivity index (χ1v) is 10.4. The molecule has 2 aliphatic heterocycles. The maximum absolute atomic E-state index is 13.3. The number of methoxy groups -OCH3 is 1. The molecular weight excluding hydrogens is 380 g/mol. The molecule has 3 aromatic rings. The van der Waals surface area contributed by atoms with E-state index in [1.165, 1.54) is 0 Å². The van der Waals surface area contributed by atoms with E-state index in [-0.39, 0.29) is 11.9 Å². The summed E-state index contributed by atoms with van der Waals surface area (Å²) in [6.45, 7) is 1.28. The van der Waals surface area contributed by atoms with Gasteiger partial charge in [-0.1, -0.05) is 24.3 Å². The van der Waals surface area contributed by atoms with E-state index in [1.807, 2.05) is 36.4 Å². The van der Waals surface area contributed by atoms with Crippen molar-refractivity contribution in [2.45, 2.75) is 38.3 Å². The maximum atomic E-state index is 13.3. The van der Waals surface area contributed by atoms with Crippen LogP contribution in [0.5, 0.6) is 11.6 Å². The summed E-state index contributed by atoms with van der Waals surface area (Å²) >= 11 is 0. The molecule has 7 heteroatoms. The summed E-state index contributed by atoms with van der Waals surface area (Å²) in [5.74, 6) is 2.16. The molecule has 154 valence electrons. The Hall–Kier alpha value is -3.35. The second-order valence-corrected chi connectivity index (χ2v) is 7.69. The average molecular weight is 404 g/mol. The van der Waals surface area contributed by atoms with E-state index in [0.717, 1.165) is 55.1 Å². The number of rotatable bonds is 4. The first-order valence-electron chi connectivity index (χ1n) is 10.4. The maximum Gasteiger partial charge on any atom is 0.272 e. The van der Waals surface area contributed by atoms with Crippen LogP contribution in [0.4, 0.5) is 0 Å². The number of pyridine rings is 1. The van der Waals surface area contributed by atoms with Crippen LogP contribution in [0.25, 0.3) is 11.4 Å². The van der Waals surface area contributed by atoms with Crippen molar-refractivity contribution in [1.82, 2.24) is 19.9 Å². The molecule has 0 saturated heterocycles. The van der Waals surface area contributed by atoms with Crippen molar-refractivity contribution in [3.63, 3.8) is 0 Å². The number of hydrogen-bond donors (Lipinski definition) is 1. The lowest BCUT2D eigenvalue weighted by atomic mass is 10.0. The van der Waals surface area contributed by atoms with Gasteiger partial charge in [0.2, 0.25) is 5.88 Å². The molecule has 0 saturated carbocycles. The van der Waals surface area contributed by atoms with Crippen LogP contribution in [0.2, 0.25) is 0 Å². The van der Waals surface area contributed by atoms with Gasteiger partial charge in [0.1, 0.15) is 23.9 Å². The fraction of sp³-hybridized carbons (Fsp3) is 0.348. The zero-order chi connectivity index (χ0) is 20.5. The van der Waals surface area contributed by atoms with Crippen molar-refractivity contribution >= 4 is 5.91 Å². The van der Waals surface area contributed by atoms with Crippen molar-refractivity contribution < 1.29 is 14.3 Å². The van der Waals surface area contributed by atoms with Gasteiger partial charge in [0.25, 0.3) is 5.91 Å². The Morgan fingerprint density at radius 2 is 2.07 bits per heavy atom. The highest BCUT2D eigenvalue weighted by atomic mass is 16.5. The van der Waals surface area contributed by atoms with Crippen molar-refractivity contribution in [2.75, 3.05) is 13.7 Å². The monoisotopic (exact) mass is 404 g/mol. The van der Waals surface area contributed by atoms with Crippen molar-refractivity contribution in [3.8, 4) is 23.0 Å². The summed E-state index contributed by atoms with van der Waals surface area (Å²) in [6.07, 6.45) is 3.75. The molecule has 2 aromatic heterocycles. The molecule has 7 nitrogen and oxygen atoms in total. The van der Waals surface area contributed by atoms with E-state index >= 15 is 0 Å². The Bertz CT molecular complexity index is 1090. The summed E-state index contributed by atoms with van der Waals surface area (Å²) in [6, 6.07) is 13.4. The molecule has 2 aliphatic rings. The van der Waals surface area contributed by atoms with Crippen molar-refractivity contribution in [3.05, 3.63) is 59.5 Å². The Morgan fingerprint density at radius 3 is 2.97 bits per heavy atom. The van der Waals surface area contributed by atoms with E-state index in [2.05, 4.69) is 14.9 Å². The number of carbonyl (C=O) groups excluding carboxylic acids is 1. The third-order valence-electron chi connectivity index (χ3n) is 5.68. The minimum Gasteiger partial charge on any atom is -0.491 e. The molecule has 0 fully saturated rings.